The SMILES string of the molecule is CCCc1nnc(NCCC(=O)O)s1. The Bertz CT molecular complexity index is 301. The van der Waals surface area contributed by atoms with Gasteiger partial charge in [0.05, 0.1) is 6.42 Å². The molecule has 1 aromatic heterocycles. The summed E-state index contributed by atoms with van der Waals surface area (Å²) < 4.78 is 0. The Morgan fingerprint density at radius 1 is 1.57 bits per heavy atom. The third-order valence-electron chi connectivity index (χ3n) is 1.55. The second-order valence-electron chi connectivity index (χ2n) is 2.82. The highest BCUT2D eigenvalue weighted by atomic mass is 32.1. The number of nitrogens with zero attached hydrogens (tertiary/aromatic N) is 2. The third-order valence-corrected chi connectivity index (χ3v) is 2.49. The first-order valence-electron chi connectivity index (χ1n) is 4.50. The van der Waals surface area contributed by atoms with E-state index in [1.54, 1.807) is 0 Å². The minimum absolute atomic E-state index is 0.0999. The van der Waals surface area contributed by atoms with Crippen LogP contribution >= 0.6 is 11.3 Å². The second-order valence-corrected chi connectivity index (χ2v) is 3.88. The Kier molecular flexibility index (Phi) is 4.31. The molecule has 78 valence electrons. The number of carbonyl (C=O) groups is 1. The molecule has 0 saturated heterocycles. The van der Waals surface area contributed by atoms with E-state index in [0.29, 0.717) is 11.7 Å². The highest BCUT2D eigenvalue weighted by Crippen LogP contribution is 2.15. The van der Waals surface area contributed by atoms with E-state index in [9.17, 15) is 4.79 Å². The fourth-order valence-corrected chi connectivity index (χ4v) is 1.78. The molecule has 0 bridgehead atoms. The summed E-state index contributed by atoms with van der Waals surface area (Å²) in [6.45, 7) is 2.48. The number of aryl methyl sites for hydroxylation is 1. The molecule has 0 aliphatic carbocycles. The molecule has 1 rings (SSSR count). The normalized spacial score (nSPS) is 10.1. The van der Waals surface area contributed by atoms with Gasteiger partial charge in [-0.3, -0.25) is 4.79 Å². The number of nitrogens with one attached hydrogen (secondary N) is 1. The molecule has 5 nitrogen and oxygen atoms in total. The van der Waals surface area contributed by atoms with E-state index in [1.807, 2.05) is 0 Å². The first-order valence-corrected chi connectivity index (χ1v) is 5.32. The van der Waals surface area contributed by atoms with Crippen LogP contribution in [0.4, 0.5) is 5.13 Å². The number of hydrogen-bond donors (Lipinski definition) is 2. The molecule has 2 N–H and O–H groups in total. The lowest BCUT2D eigenvalue weighted by Crippen LogP contribution is -2.07. The Morgan fingerprint density at radius 2 is 2.36 bits per heavy atom. The molecule has 0 aliphatic rings. The molecule has 6 heteroatoms. The van der Waals surface area contributed by atoms with Crippen LogP contribution in [-0.4, -0.2) is 27.8 Å². The predicted octanol–water partition coefficient (Wildman–Crippen LogP) is 1.38. The smallest absolute Gasteiger partial charge is 0.305 e. The van der Waals surface area contributed by atoms with Gasteiger partial charge in [-0.1, -0.05) is 18.3 Å². The largest absolute Gasteiger partial charge is 0.481 e. The zero-order chi connectivity index (χ0) is 10.4. The van der Waals surface area contributed by atoms with Gasteiger partial charge in [-0.25, -0.2) is 0 Å². The van der Waals surface area contributed by atoms with Crippen LogP contribution in [0.1, 0.15) is 24.8 Å². The van der Waals surface area contributed by atoms with Crippen LogP contribution in [0, 0.1) is 0 Å². The number of hydrogen-bond acceptors (Lipinski definition) is 5. The van der Waals surface area contributed by atoms with Gasteiger partial charge < -0.3 is 10.4 Å². The summed E-state index contributed by atoms with van der Waals surface area (Å²) in [5.41, 5.74) is 0. The first-order chi connectivity index (χ1) is 6.72. The van der Waals surface area contributed by atoms with Crippen molar-refractivity contribution in [3.8, 4) is 0 Å². The molecule has 0 aliphatic heterocycles. The highest BCUT2D eigenvalue weighted by molar-refractivity contribution is 7.15. The molecule has 1 heterocycles. The molecule has 14 heavy (non-hydrogen) atoms. The summed E-state index contributed by atoms with van der Waals surface area (Å²) in [5.74, 6) is -0.809. The van der Waals surface area contributed by atoms with Crippen LogP contribution in [0.3, 0.4) is 0 Å². The molecular weight excluding hydrogens is 202 g/mol. The minimum Gasteiger partial charge on any atom is -0.481 e. The highest BCUT2D eigenvalue weighted by Gasteiger charge is 2.03. The van der Waals surface area contributed by atoms with E-state index >= 15 is 0 Å². The summed E-state index contributed by atoms with van der Waals surface area (Å²) in [5, 5.41) is 20.9. The van der Waals surface area contributed by atoms with Gasteiger partial charge in [-0.05, 0) is 6.42 Å². The number of carboxylic acids is 1. The molecule has 0 radical (unpaired) electrons. The van der Waals surface area contributed by atoms with Crippen molar-refractivity contribution in [3.63, 3.8) is 0 Å². The summed E-state index contributed by atoms with van der Waals surface area (Å²) in [7, 11) is 0. The quantitative estimate of drug-likeness (QED) is 0.749. The lowest BCUT2D eigenvalue weighted by Gasteiger charge is -1.96. The van der Waals surface area contributed by atoms with E-state index in [-0.39, 0.29) is 6.42 Å². The average molecular weight is 215 g/mol. The summed E-state index contributed by atoms with van der Waals surface area (Å²) in [4.78, 5) is 10.2. The van der Waals surface area contributed by atoms with Crippen molar-refractivity contribution in [3.05, 3.63) is 5.01 Å². The van der Waals surface area contributed by atoms with Crippen molar-refractivity contribution < 1.29 is 9.90 Å². The Balaban J connectivity index is 2.32. The molecule has 0 atom stereocenters. The molecule has 0 spiro atoms. The van der Waals surface area contributed by atoms with Gasteiger partial charge in [0.25, 0.3) is 0 Å². The van der Waals surface area contributed by atoms with Crippen LogP contribution in [0.2, 0.25) is 0 Å². The maximum atomic E-state index is 10.2. The van der Waals surface area contributed by atoms with Crippen molar-refractivity contribution in [2.45, 2.75) is 26.2 Å². The predicted molar refractivity (Wildman–Crippen MR) is 54.6 cm³/mol. The lowest BCUT2D eigenvalue weighted by molar-refractivity contribution is -0.136. The van der Waals surface area contributed by atoms with Gasteiger partial charge in [0.15, 0.2) is 0 Å². The van der Waals surface area contributed by atoms with Gasteiger partial charge in [-0.2, -0.15) is 0 Å². The van der Waals surface area contributed by atoms with Gasteiger partial charge in [0.1, 0.15) is 5.01 Å². The molecule has 0 saturated carbocycles. The standard InChI is InChI=1S/C8H13N3O2S/c1-2-3-6-10-11-8(14-6)9-5-4-7(12)13/h2-5H2,1H3,(H,9,11)(H,12,13). The Hall–Kier alpha value is -1.17. The van der Waals surface area contributed by atoms with Crippen LogP contribution in [0.5, 0.6) is 0 Å². The van der Waals surface area contributed by atoms with Gasteiger partial charge in [0, 0.05) is 13.0 Å². The summed E-state index contributed by atoms with van der Waals surface area (Å²) in [6, 6.07) is 0. The van der Waals surface area contributed by atoms with Gasteiger partial charge in [-0.15, -0.1) is 10.2 Å². The van der Waals surface area contributed by atoms with Crippen molar-refractivity contribution >= 4 is 22.4 Å². The van der Waals surface area contributed by atoms with Crippen LogP contribution < -0.4 is 5.32 Å². The van der Waals surface area contributed by atoms with Gasteiger partial charge >= 0.3 is 5.97 Å². The number of aliphatic carboxylic acids is 1. The maximum Gasteiger partial charge on any atom is 0.305 e. The molecule has 1 aromatic rings. The topological polar surface area (TPSA) is 75.1 Å². The van der Waals surface area contributed by atoms with E-state index in [0.717, 1.165) is 17.8 Å². The zero-order valence-electron chi connectivity index (χ0n) is 7.99. The van der Waals surface area contributed by atoms with E-state index < -0.39 is 5.97 Å². The molecule has 0 fully saturated rings. The minimum atomic E-state index is -0.809. The van der Waals surface area contributed by atoms with E-state index in [1.165, 1.54) is 11.3 Å². The van der Waals surface area contributed by atoms with E-state index in [4.69, 9.17) is 5.11 Å². The third kappa shape index (κ3) is 3.69. The monoisotopic (exact) mass is 215 g/mol. The first kappa shape index (κ1) is 10.9. The zero-order valence-corrected chi connectivity index (χ0v) is 8.80. The summed E-state index contributed by atoms with van der Waals surface area (Å²) >= 11 is 1.48. The number of aromatic nitrogens is 2. The molecule has 0 aromatic carbocycles. The van der Waals surface area contributed by atoms with Crippen molar-refractivity contribution in [2.75, 3.05) is 11.9 Å². The second kappa shape index (κ2) is 5.54. The summed E-state index contributed by atoms with van der Waals surface area (Å²) in [6.07, 6.45) is 2.07. The number of anilines is 1. The fourth-order valence-electron chi connectivity index (χ4n) is 0.916. The average Bonchev–Trinajstić information content (AvgIpc) is 2.53. The molecule has 0 amide bonds. The van der Waals surface area contributed by atoms with Crippen molar-refractivity contribution in [1.29, 1.82) is 0 Å². The lowest BCUT2D eigenvalue weighted by atomic mass is 10.4. The maximum absolute atomic E-state index is 10.2. The van der Waals surface area contributed by atoms with E-state index in [2.05, 4.69) is 22.4 Å². The van der Waals surface area contributed by atoms with Crippen LogP contribution in [-0.2, 0) is 11.2 Å². The number of carboxylic acid groups (broad SMARTS) is 1. The van der Waals surface area contributed by atoms with Crippen molar-refractivity contribution in [2.24, 2.45) is 0 Å². The fraction of sp³-hybridized carbons (Fsp3) is 0.625. The van der Waals surface area contributed by atoms with Crippen LogP contribution in [0.15, 0.2) is 0 Å². The van der Waals surface area contributed by atoms with Gasteiger partial charge in [0.2, 0.25) is 5.13 Å². The Labute approximate surface area is 86.2 Å². The van der Waals surface area contributed by atoms with Crippen LogP contribution in [0.25, 0.3) is 0 Å². The van der Waals surface area contributed by atoms with Crippen molar-refractivity contribution in [1.82, 2.24) is 10.2 Å². The molecular formula is C8H13N3O2S. The number of rotatable bonds is 6. The molecule has 0 unspecified atom stereocenters. The Morgan fingerprint density at radius 3 is 3.00 bits per heavy atom.